The van der Waals surface area contributed by atoms with Crippen LogP contribution in [-0.4, -0.2) is 18.8 Å². The lowest BCUT2D eigenvalue weighted by Crippen LogP contribution is -2.30. The summed E-state index contributed by atoms with van der Waals surface area (Å²) in [5.74, 6) is 1.77. The molecule has 1 saturated heterocycles. The third kappa shape index (κ3) is 3.15. The number of hydrogen-bond acceptors (Lipinski definition) is 3. The van der Waals surface area contributed by atoms with E-state index in [0.29, 0.717) is 11.8 Å². The Labute approximate surface area is 122 Å². The Hall–Kier alpha value is -1.06. The molecule has 0 radical (unpaired) electrons. The van der Waals surface area contributed by atoms with Crippen LogP contribution in [0.5, 0.6) is 5.75 Å². The van der Waals surface area contributed by atoms with Crippen molar-refractivity contribution in [1.82, 2.24) is 0 Å². The molecule has 2 rings (SSSR count). The van der Waals surface area contributed by atoms with E-state index in [2.05, 4.69) is 39.8 Å². The Morgan fingerprint density at radius 3 is 2.30 bits per heavy atom. The molecule has 1 aliphatic heterocycles. The van der Waals surface area contributed by atoms with E-state index in [1.54, 1.807) is 0 Å². The zero-order valence-electron chi connectivity index (χ0n) is 13.0. The van der Waals surface area contributed by atoms with Crippen LogP contribution in [0.15, 0.2) is 24.3 Å². The smallest absolute Gasteiger partial charge is 0.119 e. The van der Waals surface area contributed by atoms with Gasteiger partial charge in [0.15, 0.2) is 0 Å². The minimum absolute atomic E-state index is 0.0187. The molecule has 5 atom stereocenters. The van der Waals surface area contributed by atoms with Crippen molar-refractivity contribution in [2.45, 2.75) is 52.4 Å². The van der Waals surface area contributed by atoms with Gasteiger partial charge in [0.05, 0.1) is 18.8 Å². The molecule has 5 unspecified atom stereocenters. The zero-order chi connectivity index (χ0) is 14.7. The Morgan fingerprint density at radius 2 is 1.80 bits per heavy atom. The van der Waals surface area contributed by atoms with Gasteiger partial charge in [-0.25, -0.2) is 0 Å². The van der Waals surface area contributed by atoms with E-state index < -0.39 is 0 Å². The molecule has 20 heavy (non-hydrogen) atoms. The average Bonchev–Trinajstić information content (AvgIpc) is 2.70. The summed E-state index contributed by atoms with van der Waals surface area (Å²) in [6.45, 7) is 9.36. The van der Waals surface area contributed by atoms with Gasteiger partial charge in [-0.3, -0.25) is 0 Å². The molecule has 1 aromatic carbocycles. The normalized spacial score (nSPS) is 31.2. The number of nitrogens with two attached hydrogens (primary N) is 1. The maximum absolute atomic E-state index is 6.47. The minimum Gasteiger partial charge on any atom is -0.494 e. The van der Waals surface area contributed by atoms with Gasteiger partial charge >= 0.3 is 0 Å². The van der Waals surface area contributed by atoms with Crippen molar-refractivity contribution in [3.8, 4) is 5.75 Å². The number of hydrogen-bond donors (Lipinski definition) is 1. The van der Waals surface area contributed by atoms with Crippen molar-refractivity contribution in [3.05, 3.63) is 29.8 Å². The summed E-state index contributed by atoms with van der Waals surface area (Å²) in [5.41, 5.74) is 7.63. The predicted octanol–water partition coefficient (Wildman–Crippen LogP) is 3.53. The van der Waals surface area contributed by atoms with Gasteiger partial charge in [0, 0.05) is 12.0 Å². The van der Waals surface area contributed by atoms with Crippen LogP contribution in [0.2, 0.25) is 0 Å². The quantitative estimate of drug-likeness (QED) is 0.895. The van der Waals surface area contributed by atoms with Crippen LogP contribution in [-0.2, 0) is 4.74 Å². The largest absolute Gasteiger partial charge is 0.494 e. The van der Waals surface area contributed by atoms with Crippen LogP contribution in [0.3, 0.4) is 0 Å². The van der Waals surface area contributed by atoms with Crippen LogP contribution in [0.4, 0.5) is 0 Å². The van der Waals surface area contributed by atoms with E-state index in [0.717, 1.165) is 24.3 Å². The second kappa shape index (κ2) is 6.59. The summed E-state index contributed by atoms with van der Waals surface area (Å²) in [6, 6.07) is 8.21. The van der Waals surface area contributed by atoms with Crippen molar-refractivity contribution >= 4 is 0 Å². The van der Waals surface area contributed by atoms with Crippen molar-refractivity contribution in [2.75, 3.05) is 6.61 Å². The van der Waals surface area contributed by atoms with Gasteiger partial charge in [0.1, 0.15) is 5.75 Å². The Morgan fingerprint density at radius 1 is 1.15 bits per heavy atom. The molecule has 1 fully saturated rings. The SMILES string of the molecule is CCCOc1ccc(C(N)C2C(C)OC(C)C2C)cc1. The van der Waals surface area contributed by atoms with Crippen LogP contribution >= 0.6 is 0 Å². The van der Waals surface area contributed by atoms with Crippen molar-refractivity contribution in [1.29, 1.82) is 0 Å². The summed E-state index contributed by atoms with van der Waals surface area (Å²) < 4.78 is 11.5. The average molecular weight is 277 g/mol. The molecule has 0 aromatic heterocycles. The topological polar surface area (TPSA) is 44.5 Å². The molecule has 0 bridgehead atoms. The molecule has 0 aliphatic carbocycles. The van der Waals surface area contributed by atoms with Crippen LogP contribution in [0, 0.1) is 11.8 Å². The van der Waals surface area contributed by atoms with Gasteiger partial charge in [-0.2, -0.15) is 0 Å². The van der Waals surface area contributed by atoms with Gasteiger partial charge < -0.3 is 15.2 Å². The van der Waals surface area contributed by atoms with E-state index in [-0.39, 0.29) is 18.2 Å². The lowest BCUT2D eigenvalue weighted by Gasteiger charge is -2.26. The summed E-state index contributed by atoms with van der Waals surface area (Å²) in [4.78, 5) is 0. The molecule has 1 aliphatic rings. The molecule has 112 valence electrons. The summed E-state index contributed by atoms with van der Waals surface area (Å²) in [7, 11) is 0. The second-order valence-electron chi connectivity index (χ2n) is 5.93. The van der Waals surface area contributed by atoms with Gasteiger partial charge in [-0.1, -0.05) is 26.0 Å². The molecule has 3 heteroatoms. The maximum atomic E-state index is 6.47. The van der Waals surface area contributed by atoms with Gasteiger partial charge in [-0.15, -0.1) is 0 Å². The van der Waals surface area contributed by atoms with E-state index in [4.69, 9.17) is 15.2 Å². The summed E-state index contributed by atoms with van der Waals surface area (Å²) in [6.07, 6.45) is 1.52. The number of rotatable bonds is 5. The Balaban J connectivity index is 2.07. The standard InChI is InChI=1S/C17H27NO2/c1-5-10-19-15-8-6-14(7-9-15)17(18)16-11(2)12(3)20-13(16)4/h6-9,11-13,16-17H,5,10,18H2,1-4H3. The van der Waals surface area contributed by atoms with Crippen LogP contribution in [0.25, 0.3) is 0 Å². The monoisotopic (exact) mass is 277 g/mol. The summed E-state index contributed by atoms with van der Waals surface area (Å²) in [5, 5.41) is 0. The van der Waals surface area contributed by atoms with Crippen LogP contribution in [0.1, 0.15) is 45.7 Å². The first-order valence-corrected chi connectivity index (χ1v) is 7.68. The highest BCUT2D eigenvalue weighted by atomic mass is 16.5. The molecule has 0 spiro atoms. The fraction of sp³-hybridized carbons (Fsp3) is 0.647. The predicted molar refractivity (Wildman–Crippen MR) is 81.8 cm³/mol. The highest BCUT2D eigenvalue weighted by Crippen LogP contribution is 2.39. The second-order valence-corrected chi connectivity index (χ2v) is 5.93. The van der Waals surface area contributed by atoms with E-state index in [1.807, 2.05) is 12.1 Å². The minimum atomic E-state index is 0.0187. The van der Waals surface area contributed by atoms with Gasteiger partial charge in [0.25, 0.3) is 0 Å². The molecule has 0 amide bonds. The molecule has 0 saturated carbocycles. The third-order valence-corrected chi connectivity index (χ3v) is 4.47. The first-order chi connectivity index (χ1) is 9.54. The highest BCUT2D eigenvalue weighted by molar-refractivity contribution is 5.29. The van der Waals surface area contributed by atoms with Gasteiger partial charge in [0.2, 0.25) is 0 Å². The number of ether oxygens (including phenoxy) is 2. The molecule has 3 nitrogen and oxygen atoms in total. The first-order valence-electron chi connectivity index (χ1n) is 7.68. The molecule has 1 heterocycles. The van der Waals surface area contributed by atoms with E-state index in [1.165, 1.54) is 0 Å². The highest BCUT2D eigenvalue weighted by Gasteiger charge is 2.40. The Bertz CT molecular complexity index is 418. The molecular formula is C17H27NO2. The summed E-state index contributed by atoms with van der Waals surface area (Å²) >= 11 is 0. The molecular weight excluding hydrogens is 250 g/mol. The van der Waals surface area contributed by atoms with Crippen molar-refractivity contribution < 1.29 is 9.47 Å². The fourth-order valence-electron chi connectivity index (χ4n) is 3.14. The number of benzene rings is 1. The zero-order valence-corrected chi connectivity index (χ0v) is 13.0. The first kappa shape index (κ1) is 15.3. The van der Waals surface area contributed by atoms with E-state index in [9.17, 15) is 0 Å². The van der Waals surface area contributed by atoms with Crippen molar-refractivity contribution in [2.24, 2.45) is 17.6 Å². The lowest BCUT2D eigenvalue weighted by molar-refractivity contribution is 0.0489. The van der Waals surface area contributed by atoms with Crippen LogP contribution < -0.4 is 10.5 Å². The molecule has 2 N–H and O–H groups in total. The van der Waals surface area contributed by atoms with Gasteiger partial charge in [-0.05, 0) is 43.9 Å². The Kier molecular flexibility index (Phi) is 5.06. The third-order valence-electron chi connectivity index (χ3n) is 4.47. The van der Waals surface area contributed by atoms with E-state index >= 15 is 0 Å². The fourth-order valence-corrected chi connectivity index (χ4v) is 3.14. The maximum Gasteiger partial charge on any atom is 0.119 e. The molecule has 1 aromatic rings. The van der Waals surface area contributed by atoms with Crippen molar-refractivity contribution in [3.63, 3.8) is 0 Å². The lowest BCUT2D eigenvalue weighted by atomic mass is 9.81.